The molecule has 0 N–H and O–H groups in total. The molecular weight excluding hydrogens is 308 g/mol. The van der Waals surface area contributed by atoms with Crippen molar-refractivity contribution in [1.82, 2.24) is 0 Å². The molecule has 0 atom stereocenters. The van der Waals surface area contributed by atoms with Gasteiger partial charge in [0.2, 0.25) is 5.90 Å². The standard InChI is InChI=1S/C18H12N2O4/c21-18-16(12-14-7-4-8-15(11-14)20(22)23)19-17(24-18)10-9-13-5-2-1-3-6-13/h1-12H/b10-9-,16-12-. The van der Waals surface area contributed by atoms with Crippen LogP contribution in [0.1, 0.15) is 11.1 Å². The SMILES string of the molecule is O=C1OC(/C=C\c2ccccc2)=NC/1=C\c1cccc([N+](=O)[O-])c1. The van der Waals surface area contributed by atoms with Crippen LogP contribution in [-0.2, 0) is 9.53 Å². The zero-order valence-electron chi connectivity index (χ0n) is 12.5. The fourth-order valence-corrected chi connectivity index (χ4v) is 2.11. The van der Waals surface area contributed by atoms with Crippen molar-refractivity contribution in [2.75, 3.05) is 0 Å². The molecule has 118 valence electrons. The third kappa shape index (κ3) is 3.61. The largest absolute Gasteiger partial charge is 0.403 e. The number of nitrogens with zero attached hydrogens (tertiary/aromatic N) is 2. The second kappa shape index (κ2) is 6.70. The van der Waals surface area contributed by atoms with Gasteiger partial charge in [-0.2, -0.15) is 0 Å². The number of hydrogen-bond acceptors (Lipinski definition) is 5. The number of rotatable bonds is 4. The zero-order chi connectivity index (χ0) is 16.9. The van der Waals surface area contributed by atoms with E-state index in [-0.39, 0.29) is 17.3 Å². The van der Waals surface area contributed by atoms with Gasteiger partial charge in [-0.3, -0.25) is 10.1 Å². The molecule has 3 rings (SSSR count). The first-order valence-electron chi connectivity index (χ1n) is 7.12. The summed E-state index contributed by atoms with van der Waals surface area (Å²) in [6.45, 7) is 0. The van der Waals surface area contributed by atoms with Gasteiger partial charge in [0, 0.05) is 18.2 Å². The van der Waals surface area contributed by atoms with Crippen LogP contribution < -0.4 is 0 Å². The van der Waals surface area contributed by atoms with Gasteiger partial charge in [0.25, 0.3) is 5.69 Å². The van der Waals surface area contributed by atoms with Crippen molar-refractivity contribution in [2.24, 2.45) is 4.99 Å². The third-order valence-corrected chi connectivity index (χ3v) is 3.24. The van der Waals surface area contributed by atoms with Crippen molar-refractivity contribution >= 4 is 29.7 Å². The summed E-state index contributed by atoms with van der Waals surface area (Å²) in [6.07, 6.45) is 4.84. The highest BCUT2D eigenvalue weighted by molar-refractivity contribution is 6.11. The fraction of sp³-hybridized carbons (Fsp3) is 0. The fourth-order valence-electron chi connectivity index (χ4n) is 2.11. The Labute approximate surface area is 137 Å². The van der Waals surface area contributed by atoms with Crippen LogP contribution in [0, 0.1) is 10.1 Å². The summed E-state index contributed by atoms with van der Waals surface area (Å²) in [6, 6.07) is 15.5. The second-order valence-electron chi connectivity index (χ2n) is 4.97. The second-order valence-corrected chi connectivity index (χ2v) is 4.97. The minimum atomic E-state index is -0.589. The van der Waals surface area contributed by atoms with Gasteiger partial charge in [0.05, 0.1) is 4.92 Å². The quantitative estimate of drug-likeness (QED) is 0.373. The Kier molecular flexibility index (Phi) is 4.29. The van der Waals surface area contributed by atoms with E-state index in [9.17, 15) is 14.9 Å². The first-order chi connectivity index (χ1) is 11.6. The monoisotopic (exact) mass is 320 g/mol. The Balaban J connectivity index is 1.82. The number of benzene rings is 2. The lowest BCUT2D eigenvalue weighted by Gasteiger charge is -1.95. The summed E-state index contributed by atoms with van der Waals surface area (Å²) in [7, 11) is 0. The van der Waals surface area contributed by atoms with Crippen LogP contribution in [0.5, 0.6) is 0 Å². The Hall–Kier alpha value is -3.54. The molecule has 0 saturated heterocycles. The average Bonchev–Trinajstić information content (AvgIpc) is 2.94. The number of carbonyl (C=O) groups excluding carboxylic acids is 1. The van der Waals surface area contributed by atoms with Crippen LogP contribution in [0.25, 0.3) is 12.2 Å². The molecule has 1 aliphatic rings. The van der Waals surface area contributed by atoms with Crippen LogP contribution >= 0.6 is 0 Å². The normalized spacial score (nSPS) is 15.6. The number of non-ortho nitro benzene ring substituents is 1. The van der Waals surface area contributed by atoms with Crippen LogP contribution in [-0.4, -0.2) is 16.8 Å². The molecule has 0 saturated carbocycles. The Morgan fingerprint density at radius 1 is 1.00 bits per heavy atom. The molecule has 0 aliphatic carbocycles. The van der Waals surface area contributed by atoms with E-state index in [4.69, 9.17) is 4.74 Å². The van der Waals surface area contributed by atoms with Gasteiger partial charge >= 0.3 is 5.97 Å². The number of hydrogen-bond donors (Lipinski definition) is 0. The molecule has 24 heavy (non-hydrogen) atoms. The van der Waals surface area contributed by atoms with Gasteiger partial charge < -0.3 is 4.74 Å². The van der Waals surface area contributed by atoms with Gasteiger partial charge in [-0.15, -0.1) is 0 Å². The number of carbonyl (C=O) groups is 1. The highest BCUT2D eigenvalue weighted by atomic mass is 16.6. The number of aliphatic imine (C=N–C) groups is 1. The Bertz CT molecular complexity index is 883. The van der Waals surface area contributed by atoms with Crippen molar-refractivity contribution in [2.45, 2.75) is 0 Å². The number of nitro groups is 1. The zero-order valence-corrected chi connectivity index (χ0v) is 12.5. The Morgan fingerprint density at radius 3 is 2.50 bits per heavy atom. The molecule has 2 aromatic rings. The van der Waals surface area contributed by atoms with E-state index in [1.807, 2.05) is 30.3 Å². The topological polar surface area (TPSA) is 81.8 Å². The van der Waals surface area contributed by atoms with E-state index < -0.39 is 10.9 Å². The number of ether oxygens (including phenoxy) is 1. The molecule has 0 aromatic heterocycles. The number of esters is 1. The first-order valence-corrected chi connectivity index (χ1v) is 7.12. The maximum absolute atomic E-state index is 11.8. The predicted octanol–water partition coefficient (Wildman–Crippen LogP) is 3.60. The molecule has 1 heterocycles. The highest BCUT2D eigenvalue weighted by Gasteiger charge is 2.21. The minimum absolute atomic E-state index is 0.0520. The number of nitro benzene ring substituents is 1. The Morgan fingerprint density at radius 2 is 1.75 bits per heavy atom. The summed E-state index contributed by atoms with van der Waals surface area (Å²) >= 11 is 0. The van der Waals surface area contributed by atoms with Gasteiger partial charge in [-0.1, -0.05) is 42.5 Å². The third-order valence-electron chi connectivity index (χ3n) is 3.24. The van der Waals surface area contributed by atoms with Crippen molar-refractivity contribution in [1.29, 1.82) is 0 Å². The molecule has 0 unspecified atom stereocenters. The van der Waals surface area contributed by atoms with Crippen LogP contribution in [0.3, 0.4) is 0 Å². The molecule has 1 aliphatic heterocycles. The summed E-state index contributed by atoms with van der Waals surface area (Å²) in [4.78, 5) is 26.2. The lowest BCUT2D eigenvalue weighted by molar-refractivity contribution is -0.384. The van der Waals surface area contributed by atoms with E-state index in [1.54, 1.807) is 24.3 Å². The molecular formula is C18H12N2O4. The molecule has 0 spiro atoms. The summed E-state index contributed by atoms with van der Waals surface area (Å²) in [5.41, 5.74) is 1.51. The van der Waals surface area contributed by atoms with E-state index in [2.05, 4.69) is 4.99 Å². The van der Waals surface area contributed by atoms with E-state index in [0.29, 0.717) is 5.56 Å². The van der Waals surface area contributed by atoms with Gasteiger partial charge in [0.1, 0.15) is 0 Å². The lowest BCUT2D eigenvalue weighted by atomic mass is 10.2. The van der Waals surface area contributed by atoms with Gasteiger partial charge in [-0.25, -0.2) is 9.79 Å². The summed E-state index contributed by atoms with van der Waals surface area (Å²) in [5.74, 6) is -0.408. The first kappa shape index (κ1) is 15.4. The molecule has 2 aromatic carbocycles. The van der Waals surface area contributed by atoms with Crippen molar-refractivity contribution in [3.05, 3.63) is 87.6 Å². The van der Waals surface area contributed by atoms with E-state index in [1.165, 1.54) is 18.2 Å². The van der Waals surface area contributed by atoms with Crippen LogP contribution in [0.2, 0.25) is 0 Å². The molecule has 0 fully saturated rings. The van der Waals surface area contributed by atoms with Gasteiger partial charge in [0.15, 0.2) is 5.70 Å². The maximum Gasteiger partial charge on any atom is 0.363 e. The average molecular weight is 320 g/mol. The molecule has 6 nitrogen and oxygen atoms in total. The van der Waals surface area contributed by atoms with Crippen molar-refractivity contribution < 1.29 is 14.5 Å². The van der Waals surface area contributed by atoms with Crippen molar-refractivity contribution in [3.63, 3.8) is 0 Å². The molecule has 0 radical (unpaired) electrons. The maximum atomic E-state index is 11.8. The van der Waals surface area contributed by atoms with E-state index in [0.717, 1.165) is 5.56 Å². The van der Waals surface area contributed by atoms with Gasteiger partial charge in [-0.05, 0) is 23.3 Å². The molecule has 0 bridgehead atoms. The predicted molar refractivity (Wildman–Crippen MR) is 90.1 cm³/mol. The van der Waals surface area contributed by atoms with Crippen LogP contribution in [0.15, 0.2) is 71.4 Å². The number of cyclic esters (lactones) is 1. The highest BCUT2D eigenvalue weighted by Crippen LogP contribution is 2.19. The molecule has 6 heteroatoms. The minimum Gasteiger partial charge on any atom is -0.403 e. The smallest absolute Gasteiger partial charge is 0.363 e. The van der Waals surface area contributed by atoms with E-state index >= 15 is 0 Å². The summed E-state index contributed by atoms with van der Waals surface area (Å²) in [5, 5.41) is 10.8. The molecule has 0 amide bonds. The van der Waals surface area contributed by atoms with Crippen molar-refractivity contribution in [3.8, 4) is 0 Å². The summed E-state index contributed by atoms with van der Waals surface area (Å²) < 4.78 is 5.07. The lowest BCUT2D eigenvalue weighted by Crippen LogP contribution is -2.01. The van der Waals surface area contributed by atoms with Crippen LogP contribution in [0.4, 0.5) is 5.69 Å².